The largest absolute Gasteiger partial charge is 0.481 e. The van der Waals surface area contributed by atoms with Gasteiger partial charge in [0, 0.05) is 13.2 Å². The Morgan fingerprint density at radius 3 is 1.78 bits per heavy atom. The van der Waals surface area contributed by atoms with Gasteiger partial charge in [0.2, 0.25) is 0 Å². The third kappa shape index (κ3) is 8.91. The van der Waals surface area contributed by atoms with Crippen LogP contribution in [0.3, 0.4) is 0 Å². The number of rotatable bonds is 12. The van der Waals surface area contributed by atoms with E-state index in [0.29, 0.717) is 33.0 Å². The summed E-state index contributed by atoms with van der Waals surface area (Å²) in [5, 5.41) is 17.2. The lowest BCUT2D eigenvalue weighted by Crippen LogP contribution is -2.25. The number of ether oxygens (including phenoxy) is 3. The van der Waals surface area contributed by atoms with Crippen LogP contribution in [-0.2, 0) is 23.8 Å². The Hall–Kier alpha value is -1.18. The molecule has 0 saturated heterocycles. The average Bonchev–Trinajstić information content (AvgIpc) is 2.30. The van der Waals surface area contributed by atoms with Crippen molar-refractivity contribution in [3.63, 3.8) is 0 Å². The third-order valence-electron chi connectivity index (χ3n) is 2.10. The molecule has 0 atom stereocenters. The van der Waals surface area contributed by atoms with Crippen LogP contribution >= 0.6 is 0 Å². The maximum Gasteiger partial charge on any atom is 0.317 e. The molecule has 0 aromatic heterocycles. The van der Waals surface area contributed by atoms with Crippen LogP contribution in [0, 0.1) is 5.92 Å². The number of carboxylic acid groups (broad SMARTS) is 2. The summed E-state index contributed by atoms with van der Waals surface area (Å²) in [6, 6.07) is 0. The van der Waals surface area contributed by atoms with E-state index in [2.05, 4.69) is 0 Å². The molecule has 0 aliphatic rings. The molecular weight excluding hydrogens is 244 g/mol. The van der Waals surface area contributed by atoms with Crippen molar-refractivity contribution >= 4 is 11.9 Å². The average molecular weight is 264 g/mol. The van der Waals surface area contributed by atoms with Gasteiger partial charge >= 0.3 is 11.9 Å². The van der Waals surface area contributed by atoms with Gasteiger partial charge in [-0.05, 0) is 13.3 Å². The van der Waals surface area contributed by atoms with Crippen LogP contribution in [0.15, 0.2) is 0 Å². The van der Waals surface area contributed by atoms with Crippen molar-refractivity contribution in [3.8, 4) is 0 Å². The SMILES string of the molecule is CCOCCOCCOCCC(C(=O)O)C(=O)O. The van der Waals surface area contributed by atoms with E-state index in [1.165, 1.54) is 0 Å². The summed E-state index contributed by atoms with van der Waals surface area (Å²) in [5.41, 5.74) is 0. The van der Waals surface area contributed by atoms with E-state index in [1.807, 2.05) is 6.92 Å². The second kappa shape index (κ2) is 10.9. The maximum absolute atomic E-state index is 10.5. The molecule has 106 valence electrons. The molecule has 2 N–H and O–H groups in total. The van der Waals surface area contributed by atoms with E-state index >= 15 is 0 Å². The zero-order valence-corrected chi connectivity index (χ0v) is 10.5. The van der Waals surface area contributed by atoms with Crippen molar-refractivity contribution < 1.29 is 34.0 Å². The highest BCUT2D eigenvalue weighted by molar-refractivity contribution is 5.92. The van der Waals surface area contributed by atoms with Gasteiger partial charge in [-0.3, -0.25) is 9.59 Å². The van der Waals surface area contributed by atoms with Crippen LogP contribution in [-0.4, -0.2) is 61.8 Å². The van der Waals surface area contributed by atoms with Crippen molar-refractivity contribution in [2.24, 2.45) is 5.92 Å². The van der Waals surface area contributed by atoms with Crippen molar-refractivity contribution in [1.29, 1.82) is 0 Å². The van der Waals surface area contributed by atoms with E-state index in [0.717, 1.165) is 0 Å². The monoisotopic (exact) mass is 264 g/mol. The Morgan fingerprint density at radius 2 is 1.33 bits per heavy atom. The van der Waals surface area contributed by atoms with Gasteiger partial charge in [-0.1, -0.05) is 0 Å². The molecule has 0 saturated carbocycles. The fourth-order valence-corrected chi connectivity index (χ4v) is 1.14. The second-order valence-electron chi connectivity index (χ2n) is 3.44. The molecule has 7 heteroatoms. The molecule has 0 amide bonds. The molecular formula is C11H20O7. The first-order valence-corrected chi connectivity index (χ1v) is 5.78. The summed E-state index contributed by atoms with van der Waals surface area (Å²) in [7, 11) is 0. The summed E-state index contributed by atoms with van der Waals surface area (Å²) in [4.78, 5) is 21.1. The van der Waals surface area contributed by atoms with Crippen molar-refractivity contribution in [2.75, 3.05) is 39.6 Å². The fourth-order valence-electron chi connectivity index (χ4n) is 1.14. The quantitative estimate of drug-likeness (QED) is 0.384. The van der Waals surface area contributed by atoms with Crippen LogP contribution in [0.5, 0.6) is 0 Å². The lowest BCUT2D eigenvalue weighted by molar-refractivity contribution is -0.155. The minimum absolute atomic E-state index is 0.0520. The van der Waals surface area contributed by atoms with Gasteiger partial charge in [-0.25, -0.2) is 0 Å². The molecule has 7 nitrogen and oxygen atoms in total. The Balaban J connectivity index is 3.39. The summed E-state index contributed by atoms with van der Waals surface area (Å²) >= 11 is 0. The van der Waals surface area contributed by atoms with E-state index < -0.39 is 17.9 Å². The van der Waals surface area contributed by atoms with Crippen LogP contribution in [0.2, 0.25) is 0 Å². The van der Waals surface area contributed by atoms with Gasteiger partial charge in [-0.15, -0.1) is 0 Å². The molecule has 0 bridgehead atoms. The Bertz CT molecular complexity index is 228. The highest BCUT2D eigenvalue weighted by Gasteiger charge is 2.24. The lowest BCUT2D eigenvalue weighted by Gasteiger charge is -2.08. The van der Waals surface area contributed by atoms with Crippen LogP contribution in [0.25, 0.3) is 0 Å². The van der Waals surface area contributed by atoms with Crippen LogP contribution in [0.1, 0.15) is 13.3 Å². The Morgan fingerprint density at radius 1 is 0.889 bits per heavy atom. The molecule has 0 rings (SSSR count). The summed E-state index contributed by atoms with van der Waals surface area (Å²) in [5.74, 6) is -4.11. The first kappa shape index (κ1) is 16.8. The zero-order valence-electron chi connectivity index (χ0n) is 10.5. The molecule has 18 heavy (non-hydrogen) atoms. The van der Waals surface area contributed by atoms with Crippen molar-refractivity contribution in [3.05, 3.63) is 0 Å². The zero-order chi connectivity index (χ0) is 13.8. The smallest absolute Gasteiger partial charge is 0.317 e. The predicted molar refractivity (Wildman–Crippen MR) is 61.5 cm³/mol. The number of carbonyl (C=O) groups is 2. The Labute approximate surface area is 106 Å². The molecule has 0 unspecified atom stereocenters. The second-order valence-corrected chi connectivity index (χ2v) is 3.44. The number of hydrogen-bond acceptors (Lipinski definition) is 5. The van der Waals surface area contributed by atoms with Crippen molar-refractivity contribution in [2.45, 2.75) is 13.3 Å². The summed E-state index contributed by atoms with van der Waals surface area (Å²) < 4.78 is 15.3. The first-order chi connectivity index (χ1) is 8.59. The minimum atomic E-state index is -1.41. The number of carboxylic acids is 2. The summed E-state index contributed by atoms with van der Waals surface area (Å²) in [6.07, 6.45) is -0.0520. The molecule has 0 heterocycles. The molecule has 0 aliphatic heterocycles. The molecule has 0 aromatic carbocycles. The highest BCUT2D eigenvalue weighted by Crippen LogP contribution is 2.03. The van der Waals surface area contributed by atoms with E-state index in [1.54, 1.807) is 0 Å². The number of hydrogen-bond donors (Lipinski definition) is 2. The summed E-state index contributed by atoms with van der Waals surface area (Å²) in [6.45, 7) is 4.30. The first-order valence-electron chi connectivity index (χ1n) is 5.78. The Kier molecular flexibility index (Phi) is 10.2. The molecule has 0 spiro atoms. The molecule has 0 radical (unpaired) electrons. The van der Waals surface area contributed by atoms with Gasteiger partial charge in [0.25, 0.3) is 0 Å². The van der Waals surface area contributed by atoms with E-state index in [-0.39, 0.29) is 13.0 Å². The van der Waals surface area contributed by atoms with Crippen LogP contribution in [0.4, 0.5) is 0 Å². The molecule has 0 aliphatic carbocycles. The normalized spacial score (nSPS) is 10.8. The van der Waals surface area contributed by atoms with Gasteiger partial charge < -0.3 is 24.4 Å². The fraction of sp³-hybridized carbons (Fsp3) is 0.818. The highest BCUT2D eigenvalue weighted by atomic mass is 16.5. The van der Waals surface area contributed by atoms with Gasteiger partial charge in [-0.2, -0.15) is 0 Å². The van der Waals surface area contributed by atoms with Gasteiger partial charge in [0.15, 0.2) is 5.92 Å². The van der Waals surface area contributed by atoms with Crippen LogP contribution < -0.4 is 0 Å². The molecule has 0 fully saturated rings. The predicted octanol–water partition coefficient (Wildman–Crippen LogP) is 0.232. The van der Waals surface area contributed by atoms with Crippen molar-refractivity contribution in [1.82, 2.24) is 0 Å². The molecule has 0 aromatic rings. The third-order valence-corrected chi connectivity index (χ3v) is 2.10. The van der Waals surface area contributed by atoms with E-state index in [9.17, 15) is 9.59 Å². The van der Waals surface area contributed by atoms with Gasteiger partial charge in [0.1, 0.15) is 0 Å². The topological polar surface area (TPSA) is 102 Å². The van der Waals surface area contributed by atoms with Gasteiger partial charge in [0.05, 0.1) is 26.4 Å². The maximum atomic E-state index is 10.5. The van der Waals surface area contributed by atoms with E-state index in [4.69, 9.17) is 24.4 Å². The lowest BCUT2D eigenvalue weighted by atomic mass is 10.1. The standard InChI is InChI=1S/C11H20O7/c1-2-16-5-6-18-8-7-17-4-3-9(10(12)13)11(14)15/h9H,2-8H2,1H3,(H,12,13)(H,14,15). The minimum Gasteiger partial charge on any atom is -0.481 e. The number of aliphatic carboxylic acids is 2.